The Morgan fingerprint density at radius 3 is 2.47 bits per heavy atom. The van der Waals surface area contributed by atoms with Crippen molar-refractivity contribution in [2.45, 2.75) is 34.1 Å². The van der Waals surface area contributed by atoms with Crippen LogP contribution in [0.1, 0.15) is 31.9 Å². The summed E-state index contributed by atoms with van der Waals surface area (Å²) in [5.74, 6) is 1.79. The van der Waals surface area contributed by atoms with Crippen LogP contribution in [0.3, 0.4) is 0 Å². The van der Waals surface area contributed by atoms with E-state index in [2.05, 4.69) is 70.2 Å². The maximum atomic E-state index is 6.73. The van der Waals surface area contributed by atoms with Gasteiger partial charge in [0.05, 0.1) is 11.1 Å². The quantitative estimate of drug-likeness (QED) is 0.239. The van der Waals surface area contributed by atoms with Gasteiger partial charge in [-0.25, -0.2) is 0 Å². The molecule has 1 aromatic heterocycles. The molecule has 3 heteroatoms. The summed E-state index contributed by atoms with van der Waals surface area (Å²) in [6.07, 6.45) is 2.83. The number of ether oxygens (including phenoxy) is 1. The lowest BCUT2D eigenvalue weighted by atomic mass is 9.83. The van der Waals surface area contributed by atoms with Gasteiger partial charge in [0.15, 0.2) is 0 Å². The summed E-state index contributed by atoms with van der Waals surface area (Å²) in [7, 11) is 0. The van der Waals surface area contributed by atoms with E-state index in [0.717, 1.165) is 55.7 Å². The van der Waals surface area contributed by atoms with Crippen molar-refractivity contribution < 1.29 is 4.74 Å². The van der Waals surface area contributed by atoms with Gasteiger partial charge in [-0.15, -0.1) is 0 Å². The van der Waals surface area contributed by atoms with E-state index in [1.54, 1.807) is 0 Å². The molecule has 0 unspecified atom stereocenters. The van der Waals surface area contributed by atoms with Crippen LogP contribution >= 0.6 is 11.6 Å². The zero-order valence-corrected chi connectivity index (χ0v) is 19.5. The summed E-state index contributed by atoms with van der Waals surface area (Å²) in [4.78, 5) is 4.86. The molecule has 0 atom stereocenters. The largest absolute Gasteiger partial charge is 0.456 e. The Morgan fingerprint density at radius 1 is 0.875 bits per heavy atom. The van der Waals surface area contributed by atoms with Crippen LogP contribution in [0.5, 0.6) is 11.5 Å². The topological polar surface area (TPSA) is 22.1 Å². The van der Waals surface area contributed by atoms with Gasteiger partial charge >= 0.3 is 0 Å². The fraction of sp³-hybridized carbons (Fsp3) is 0.207. The zero-order valence-electron chi connectivity index (χ0n) is 18.7. The Bertz CT molecular complexity index is 1580. The van der Waals surface area contributed by atoms with Gasteiger partial charge in [0.25, 0.3) is 0 Å². The normalized spacial score (nSPS) is 12.9. The number of hydrogen-bond acceptors (Lipinski definition) is 2. The van der Waals surface area contributed by atoms with Gasteiger partial charge in [0.1, 0.15) is 11.5 Å². The van der Waals surface area contributed by atoms with Crippen molar-refractivity contribution in [2.75, 3.05) is 0 Å². The van der Waals surface area contributed by atoms with Gasteiger partial charge in [0.2, 0.25) is 0 Å². The molecule has 5 aromatic rings. The molecule has 0 fully saturated rings. The van der Waals surface area contributed by atoms with Gasteiger partial charge in [0, 0.05) is 22.3 Å². The van der Waals surface area contributed by atoms with Crippen molar-refractivity contribution in [3.63, 3.8) is 0 Å². The number of aromatic nitrogens is 1. The number of nitrogens with zero attached hydrogens (tertiary/aromatic N) is 1. The van der Waals surface area contributed by atoms with E-state index < -0.39 is 0 Å². The Hall–Kier alpha value is -3.10. The second-order valence-corrected chi connectivity index (χ2v) is 10.6. The molecule has 0 radical (unpaired) electrons. The third kappa shape index (κ3) is 2.97. The lowest BCUT2D eigenvalue weighted by Crippen LogP contribution is -2.12. The van der Waals surface area contributed by atoms with Gasteiger partial charge in [-0.05, 0) is 76.0 Å². The lowest BCUT2D eigenvalue weighted by molar-refractivity contribution is 0.400. The molecule has 1 aliphatic heterocycles. The third-order valence-electron chi connectivity index (χ3n) is 6.31. The summed E-state index contributed by atoms with van der Waals surface area (Å²) in [6.45, 7) is 8.97. The van der Waals surface area contributed by atoms with Crippen LogP contribution in [0.2, 0.25) is 5.02 Å². The molecule has 0 spiro atoms. The van der Waals surface area contributed by atoms with Crippen LogP contribution in [-0.4, -0.2) is 4.98 Å². The Morgan fingerprint density at radius 2 is 1.66 bits per heavy atom. The van der Waals surface area contributed by atoms with E-state index in [0.29, 0.717) is 0 Å². The van der Waals surface area contributed by atoms with Gasteiger partial charge in [-0.2, -0.15) is 0 Å². The molecule has 1 aliphatic rings. The fourth-order valence-corrected chi connectivity index (χ4v) is 5.20. The Balaban J connectivity index is 1.75. The Labute approximate surface area is 192 Å². The van der Waals surface area contributed by atoms with Crippen molar-refractivity contribution in [3.8, 4) is 22.8 Å². The lowest BCUT2D eigenvalue weighted by Gasteiger charge is -2.28. The molecule has 0 saturated carbocycles. The fourth-order valence-electron chi connectivity index (χ4n) is 5.02. The number of hydrogen-bond donors (Lipinski definition) is 0. The smallest absolute Gasteiger partial charge is 0.140 e. The predicted molar refractivity (Wildman–Crippen MR) is 135 cm³/mol. The molecule has 0 N–H and O–H groups in total. The highest BCUT2D eigenvalue weighted by atomic mass is 35.5. The highest BCUT2D eigenvalue weighted by Gasteiger charge is 2.28. The van der Waals surface area contributed by atoms with Crippen molar-refractivity contribution in [1.82, 2.24) is 4.98 Å². The van der Waals surface area contributed by atoms with Crippen LogP contribution in [-0.2, 0) is 6.42 Å². The molecule has 4 aromatic carbocycles. The number of aryl methyl sites for hydroxylation is 1. The van der Waals surface area contributed by atoms with E-state index in [4.69, 9.17) is 21.3 Å². The van der Waals surface area contributed by atoms with Crippen molar-refractivity contribution in [2.24, 2.45) is 5.41 Å². The van der Waals surface area contributed by atoms with Crippen molar-refractivity contribution in [1.29, 1.82) is 0 Å². The number of benzene rings is 4. The summed E-state index contributed by atoms with van der Waals surface area (Å²) in [6, 6.07) is 19.2. The molecule has 6 rings (SSSR count). The highest BCUT2D eigenvalue weighted by molar-refractivity contribution is 6.31. The minimum atomic E-state index is 0.118. The van der Waals surface area contributed by atoms with Crippen LogP contribution in [0, 0.1) is 12.3 Å². The Kier molecular flexibility index (Phi) is 4.10. The number of rotatable bonds is 1. The first-order chi connectivity index (χ1) is 15.3. The predicted octanol–water partition coefficient (Wildman–Crippen LogP) is 8.86. The van der Waals surface area contributed by atoms with Crippen molar-refractivity contribution in [3.05, 3.63) is 76.9 Å². The average Bonchev–Trinajstić information content (AvgIpc) is 2.73. The standard InChI is InChI=1S/C29H24ClNO/c1-16-5-7-21-17(11-16)13-23-27-26-22(9-10-31-27)20-8-6-19(30)12-18(20)14-25(26)32-28(23)24(21)15-29(2,3)4/h5-14H,15H2,1-4H3. The van der Waals surface area contributed by atoms with Gasteiger partial charge in [-0.3, -0.25) is 4.98 Å². The van der Waals surface area contributed by atoms with E-state index in [-0.39, 0.29) is 5.41 Å². The number of halogens is 1. The second kappa shape index (κ2) is 6.70. The van der Waals surface area contributed by atoms with Crippen LogP contribution in [0.25, 0.3) is 43.6 Å². The number of fused-ring (bicyclic) bond motifs is 5. The first kappa shape index (κ1) is 19.6. The monoisotopic (exact) mass is 437 g/mol. The molecule has 2 heterocycles. The summed E-state index contributed by atoms with van der Waals surface area (Å²) in [5.41, 5.74) is 4.70. The molecule has 32 heavy (non-hydrogen) atoms. The maximum Gasteiger partial charge on any atom is 0.140 e. The summed E-state index contributed by atoms with van der Waals surface area (Å²) < 4.78 is 6.73. The van der Waals surface area contributed by atoms with E-state index in [1.807, 2.05) is 18.3 Å². The first-order valence-electron chi connectivity index (χ1n) is 11.0. The van der Waals surface area contributed by atoms with Crippen molar-refractivity contribution >= 4 is 43.9 Å². The number of pyridine rings is 1. The minimum Gasteiger partial charge on any atom is -0.456 e. The molecule has 2 nitrogen and oxygen atoms in total. The van der Waals surface area contributed by atoms with Crippen LogP contribution in [0.15, 0.2) is 60.8 Å². The second-order valence-electron chi connectivity index (χ2n) is 10.1. The molecule has 0 aliphatic carbocycles. The van der Waals surface area contributed by atoms with Gasteiger partial charge < -0.3 is 4.74 Å². The summed E-state index contributed by atoms with van der Waals surface area (Å²) in [5, 5.41) is 7.68. The average molecular weight is 438 g/mol. The highest BCUT2D eigenvalue weighted by Crippen LogP contribution is 2.51. The van der Waals surface area contributed by atoms with E-state index in [1.165, 1.54) is 21.9 Å². The van der Waals surface area contributed by atoms with Crippen LogP contribution < -0.4 is 4.74 Å². The van der Waals surface area contributed by atoms with E-state index >= 15 is 0 Å². The molecular weight excluding hydrogens is 414 g/mol. The van der Waals surface area contributed by atoms with E-state index in [9.17, 15) is 0 Å². The van der Waals surface area contributed by atoms with Crippen LogP contribution in [0.4, 0.5) is 0 Å². The summed E-state index contributed by atoms with van der Waals surface area (Å²) >= 11 is 6.31. The molecule has 0 amide bonds. The molecule has 158 valence electrons. The zero-order chi connectivity index (χ0) is 22.2. The third-order valence-corrected chi connectivity index (χ3v) is 6.55. The maximum absolute atomic E-state index is 6.73. The molecule has 0 saturated heterocycles. The minimum absolute atomic E-state index is 0.118. The molecule has 0 bridgehead atoms. The SMILES string of the molecule is Cc1ccc2c(CC(C)(C)C)c3c(cc2c1)-c1nccc2c1c(cc1cc(Cl)ccc12)O3. The first-order valence-corrected chi connectivity index (χ1v) is 11.4. The molecular formula is C29H24ClNO. The van der Waals surface area contributed by atoms with Gasteiger partial charge in [-0.1, -0.05) is 62.2 Å².